The molecule has 4 N–H and O–H groups in total. The first kappa shape index (κ1) is 32.1. The number of ether oxygens (including phenoxy) is 1. The molecule has 0 aromatic carbocycles. The third kappa shape index (κ3) is 9.58. The largest absolute Gasteiger partial charge is 0.388 e. The molecule has 1 amide bonds. The number of nitrogens with zero attached hydrogens (tertiary/aromatic N) is 1. The summed E-state index contributed by atoms with van der Waals surface area (Å²) in [5.41, 5.74) is -0.708. The maximum absolute atomic E-state index is 13.4. The molecule has 0 aromatic heterocycles. The van der Waals surface area contributed by atoms with Gasteiger partial charge in [-0.2, -0.15) is 0 Å². The Morgan fingerprint density at radius 1 is 1.03 bits per heavy atom. The zero-order valence-electron chi connectivity index (χ0n) is 22.8. The summed E-state index contributed by atoms with van der Waals surface area (Å²) in [6.45, 7) is 4.87. The molecule has 212 valence electrons. The van der Waals surface area contributed by atoms with E-state index in [9.17, 15) is 20.1 Å². The second kappa shape index (κ2) is 16.8. The molecule has 0 radical (unpaired) electrons. The van der Waals surface area contributed by atoms with Gasteiger partial charge in [-0.15, -0.1) is 23.4 Å². The van der Waals surface area contributed by atoms with Crippen LogP contribution < -0.4 is 5.32 Å². The fourth-order valence-electron chi connectivity index (χ4n) is 5.57. The fraction of sp³-hybridized carbons (Fsp3) is 0.963. The van der Waals surface area contributed by atoms with Gasteiger partial charge in [0.1, 0.15) is 29.9 Å². The van der Waals surface area contributed by atoms with Crippen LogP contribution in [0.15, 0.2) is 0 Å². The highest BCUT2D eigenvalue weighted by Gasteiger charge is 2.48. The molecule has 0 bridgehead atoms. The van der Waals surface area contributed by atoms with E-state index in [0.717, 1.165) is 25.8 Å². The van der Waals surface area contributed by atoms with Gasteiger partial charge in [0.25, 0.3) is 0 Å². The molecule has 2 aliphatic rings. The van der Waals surface area contributed by atoms with Gasteiger partial charge in [0.05, 0.1) is 17.5 Å². The van der Waals surface area contributed by atoms with Gasteiger partial charge in [0.2, 0.25) is 5.91 Å². The van der Waals surface area contributed by atoms with E-state index in [-0.39, 0.29) is 11.9 Å². The Morgan fingerprint density at radius 3 is 2.28 bits per heavy atom. The molecule has 2 saturated heterocycles. The summed E-state index contributed by atoms with van der Waals surface area (Å²) >= 11 is 7.69. The minimum Gasteiger partial charge on any atom is -0.388 e. The summed E-state index contributed by atoms with van der Waals surface area (Å²) in [6, 6.07) is -0.963. The molecule has 4 unspecified atom stereocenters. The fourth-order valence-corrected chi connectivity index (χ4v) is 6.46. The van der Waals surface area contributed by atoms with Gasteiger partial charge in [-0.3, -0.25) is 9.69 Å². The number of halogens is 1. The van der Waals surface area contributed by atoms with Gasteiger partial charge >= 0.3 is 0 Å². The standard InChI is InChI=1S/C27H51ClN2O5S/c1-5-6-7-8-9-10-11-12-13-19-14-15-20(30(3)17-16-19)26(34)29-21(18(2)28)25-23(32)22(31)24(33)27(35-25)36-4/h18-25,27,31-33H,5-17H2,1-4H3,(H,29,34)/t18?,19-,20-,21+,22?,23?,24+,25+,27?/m0/s1. The lowest BCUT2D eigenvalue weighted by atomic mass is 9.92. The first-order valence-electron chi connectivity index (χ1n) is 14.1. The molecule has 0 saturated carbocycles. The monoisotopic (exact) mass is 550 g/mol. The minimum atomic E-state index is -1.37. The van der Waals surface area contributed by atoms with Crippen LogP contribution in [0.25, 0.3) is 0 Å². The topological polar surface area (TPSA) is 102 Å². The number of carbonyl (C=O) groups excluding carboxylic acids is 1. The lowest BCUT2D eigenvalue weighted by Gasteiger charge is -2.44. The molecule has 36 heavy (non-hydrogen) atoms. The molecule has 2 heterocycles. The third-order valence-corrected chi connectivity index (χ3v) is 9.16. The summed E-state index contributed by atoms with van der Waals surface area (Å²) in [5.74, 6) is 0.524. The quantitative estimate of drug-likeness (QED) is 0.192. The highest BCUT2D eigenvalue weighted by atomic mass is 35.5. The van der Waals surface area contributed by atoms with Crippen molar-refractivity contribution >= 4 is 29.3 Å². The maximum Gasteiger partial charge on any atom is 0.237 e. The predicted molar refractivity (Wildman–Crippen MR) is 148 cm³/mol. The Morgan fingerprint density at radius 2 is 1.67 bits per heavy atom. The lowest BCUT2D eigenvalue weighted by Crippen LogP contribution is -2.65. The Bertz CT molecular complexity index is 629. The number of thioether (sulfide) groups is 1. The molecule has 0 spiro atoms. The number of nitrogens with one attached hydrogen (secondary N) is 1. The third-order valence-electron chi connectivity index (χ3n) is 8.04. The Balaban J connectivity index is 1.86. The van der Waals surface area contributed by atoms with E-state index in [2.05, 4.69) is 17.1 Å². The number of alkyl halides is 1. The number of unbranched alkanes of at least 4 members (excludes halogenated alkanes) is 7. The summed E-state index contributed by atoms with van der Waals surface area (Å²) in [4.78, 5) is 15.5. The maximum atomic E-state index is 13.4. The van der Waals surface area contributed by atoms with E-state index in [4.69, 9.17) is 16.3 Å². The molecule has 2 fully saturated rings. The lowest BCUT2D eigenvalue weighted by molar-refractivity contribution is -0.205. The number of hydrogen-bond donors (Lipinski definition) is 4. The van der Waals surface area contributed by atoms with Crippen LogP contribution in [-0.4, -0.2) is 93.3 Å². The number of rotatable bonds is 14. The van der Waals surface area contributed by atoms with E-state index in [1.54, 1.807) is 13.2 Å². The first-order chi connectivity index (χ1) is 17.2. The van der Waals surface area contributed by atoms with Crippen LogP contribution in [0.4, 0.5) is 0 Å². The molecule has 0 aromatic rings. The van der Waals surface area contributed by atoms with Crippen LogP contribution in [0.3, 0.4) is 0 Å². The van der Waals surface area contributed by atoms with E-state index in [1.165, 1.54) is 69.5 Å². The SMILES string of the molecule is CCCCCCCCCC[C@H]1CC[C@@H](C(=O)N[C@H](C(C)Cl)[C@H]2OC(SC)[C@H](O)C(O)C2O)N(C)CC1. The van der Waals surface area contributed by atoms with Crippen molar-refractivity contribution in [3.05, 3.63) is 0 Å². The summed E-state index contributed by atoms with van der Waals surface area (Å²) in [6.07, 6.45) is 11.7. The van der Waals surface area contributed by atoms with Crippen LogP contribution in [0.5, 0.6) is 0 Å². The highest BCUT2D eigenvalue weighted by Crippen LogP contribution is 2.31. The van der Waals surface area contributed by atoms with E-state index in [0.29, 0.717) is 5.92 Å². The highest BCUT2D eigenvalue weighted by molar-refractivity contribution is 7.99. The Hall–Kier alpha value is -0.0900. The molecule has 9 atom stereocenters. The van der Waals surface area contributed by atoms with Crippen LogP contribution in [0, 0.1) is 5.92 Å². The van der Waals surface area contributed by atoms with E-state index >= 15 is 0 Å². The van der Waals surface area contributed by atoms with Gasteiger partial charge in [0.15, 0.2) is 0 Å². The number of likely N-dealkylation sites (N-methyl/N-ethyl adjacent to an activating group) is 1. The van der Waals surface area contributed by atoms with Gasteiger partial charge in [0, 0.05) is 0 Å². The van der Waals surface area contributed by atoms with Crippen LogP contribution in [0.2, 0.25) is 0 Å². The summed E-state index contributed by atoms with van der Waals surface area (Å²) in [7, 11) is 2.00. The average molecular weight is 551 g/mol. The van der Waals surface area contributed by atoms with Crippen LogP contribution in [-0.2, 0) is 9.53 Å². The second-order valence-corrected chi connectivity index (χ2v) is 12.5. The average Bonchev–Trinajstić information content (AvgIpc) is 3.04. The number of aliphatic hydroxyl groups excluding tert-OH is 3. The van der Waals surface area contributed by atoms with Gasteiger partial charge < -0.3 is 25.4 Å². The predicted octanol–water partition coefficient (Wildman–Crippen LogP) is 3.90. The number of amides is 1. The Kier molecular flexibility index (Phi) is 15.0. The molecule has 2 rings (SSSR count). The second-order valence-electron chi connectivity index (χ2n) is 10.9. The van der Waals surface area contributed by atoms with Crippen molar-refractivity contribution in [3.63, 3.8) is 0 Å². The zero-order chi connectivity index (χ0) is 26.7. The first-order valence-corrected chi connectivity index (χ1v) is 15.8. The molecular weight excluding hydrogens is 500 g/mol. The zero-order valence-corrected chi connectivity index (χ0v) is 24.4. The van der Waals surface area contributed by atoms with Crippen molar-refractivity contribution in [2.75, 3.05) is 19.8 Å². The van der Waals surface area contributed by atoms with Gasteiger partial charge in [-0.25, -0.2) is 0 Å². The number of hydrogen-bond acceptors (Lipinski definition) is 7. The normalized spacial score (nSPS) is 33.6. The van der Waals surface area contributed by atoms with E-state index < -0.39 is 41.3 Å². The molecular formula is C27H51ClN2O5S. The molecule has 2 aliphatic heterocycles. The molecule has 9 heteroatoms. The van der Waals surface area contributed by atoms with Gasteiger partial charge in [-0.1, -0.05) is 64.7 Å². The van der Waals surface area contributed by atoms with Crippen molar-refractivity contribution in [1.82, 2.24) is 10.2 Å². The van der Waals surface area contributed by atoms with Crippen molar-refractivity contribution in [3.8, 4) is 0 Å². The van der Waals surface area contributed by atoms with Crippen molar-refractivity contribution in [2.45, 2.75) is 138 Å². The minimum absolute atomic E-state index is 0.125. The number of likely N-dealkylation sites (tertiary alicyclic amines) is 1. The van der Waals surface area contributed by atoms with E-state index in [1.807, 2.05) is 7.05 Å². The molecule has 7 nitrogen and oxygen atoms in total. The van der Waals surface area contributed by atoms with Crippen molar-refractivity contribution in [1.29, 1.82) is 0 Å². The van der Waals surface area contributed by atoms with Gasteiger partial charge in [-0.05, 0) is 52.0 Å². The summed E-state index contributed by atoms with van der Waals surface area (Å²) in [5, 5.41) is 33.6. The van der Waals surface area contributed by atoms with Crippen molar-refractivity contribution in [2.24, 2.45) is 5.92 Å². The number of aliphatic hydroxyl groups is 3. The van der Waals surface area contributed by atoms with Crippen LogP contribution in [0.1, 0.15) is 90.9 Å². The smallest absolute Gasteiger partial charge is 0.237 e. The molecule has 0 aliphatic carbocycles. The number of carbonyl (C=O) groups is 1. The Labute approximate surface area is 228 Å². The van der Waals surface area contributed by atoms with Crippen LogP contribution >= 0.6 is 23.4 Å². The summed E-state index contributed by atoms with van der Waals surface area (Å²) < 4.78 is 5.89. The van der Waals surface area contributed by atoms with Crippen molar-refractivity contribution < 1.29 is 24.9 Å².